The molecule has 1 aromatic rings. The van der Waals surface area contributed by atoms with E-state index in [0.717, 1.165) is 43.4 Å². The molecular formula is C22H26N2O4S2. The summed E-state index contributed by atoms with van der Waals surface area (Å²) >= 11 is 6.74. The molecule has 1 N–H and O–H groups in total. The molecule has 0 bridgehead atoms. The molecule has 0 atom stereocenters. The summed E-state index contributed by atoms with van der Waals surface area (Å²) < 4.78 is 11.3. The van der Waals surface area contributed by atoms with E-state index in [4.69, 9.17) is 21.7 Å². The van der Waals surface area contributed by atoms with E-state index < -0.39 is 0 Å². The number of amides is 2. The Morgan fingerprint density at radius 2 is 2.00 bits per heavy atom. The smallest absolute Gasteiger partial charge is 0.266 e. The predicted molar refractivity (Wildman–Crippen MR) is 121 cm³/mol. The van der Waals surface area contributed by atoms with Crippen molar-refractivity contribution >= 4 is 46.2 Å². The van der Waals surface area contributed by atoms with Crippen molar-refractivity contribution in [1.29, 1.82) is 0 Å². The van der Waals surface area contributed by atoms with E-state index in [-0.39, 0.29) is 18.6 Å². The molecule has 6 nitrogen and oxygen atoms in total. The highest BCUT2D eigenvalue weighted by atomic mass is 32.2. The second kappa shape index (κ2) is 9.83. The van der Waals surface area contributed by atoms with Crippen molar-refractivity contribution in [2.45, 2.75) is 57.4 Å². The molecule has 1 saturated carbocycles. The number of carbonyl (C=O) groups is 2. The van der Waals surface area contributed by atoms with Gasteiger partial charge in [0, 0.05) is 19.0 Å². The number of hydrogen-bond acceptors (Lipinski definition) is 6. The quantitative estimate of drug-likeness (QED) is 0.366. The lowest BCUT2D eigenvalue weighted by Gasteiger charge is -2.14. The molecule has 0 spiro atoms. The molecule has 3 aliphatic rings. The van der Waals surface area contributed by atoms with Gasteiger partial charge in [0.25, 0.3) is 5.91 Å². The molecule has 0 radical (unpaired) electrons. The number of nitrogens with zero attached hydrogens (tertiary/aromatic N) is 1. The van der Waals surface area contributed by atoms with Crippen LogP contribution < -0.4 is 14.8 Å². The van der Waals surface area contributed by atoms with Crippen LogP contribution in [-0.2, 0) is 9.59 Å². The number of ether oxygens (including phenoxy) is 2. The maximum absolute atomic E-state index is 12.7. The third kappa shape index (κ3) is 5.16. The summed E-state index contributed by atoms with van der Waals surface area (Å²) in [6.07, 6.45) is 9.63. The van der Waals surface area contributed by atoms with Gasteiger partial charge in [-0.25, -0.2) is 0 Å². The molecule has 0 unspecified atom stereocenters. The van der Waals surface area contributed by atoms with Crippen molar-refractivity contribution in [3.8, 4) is 11.5 Å². The van der Waals surface area contributed by atoms with Gasteiger partial charge in [-0.15, -0.1) is 0 Å². The van der Waals surface area contributed by atoms with Gasteiger partial charge in [-0.3, -0.25) is 14.5 Å². The maximum atomic E-state index is 12.7. The molecule has 2 aliphatic heterocycles. The Kier molecular flexibility index (Phi) is 6.94. The fourth-order valence-electron chi connectivity index (χ4n) is 3.95. The SMILES string of the molecule is O=C(CCCCCN1C(=O)C(=Cc2ccc3c(c2)OCO3)SC1=S)NC1CCCC1. The molecule has 0 aromatic heterocycles. The first-order valence-corrected chi connectivity index (χ1v) is 11.8. The van der Waals surface area contributed by atoms with Crippen molar-refractivity contribution in [3.63, 3.8) is 0 Å². The van der Waals surface area contributed by atoms with Crippen molar-refractivity contribution in [1.82, 2.24) is 10.2 Å². The van der Waals surface area contributed by atoms with Crippen LogP contribution in [0.5, 0.6) is 11.5 Å². The number of carbonyl (C=O) groups excluding carboxylic acids is 2. The fourth-order valence-corrected chi connectivity index (χ4v) is 5.26. The van der Waals surface area contributed by atoms with Crippen LogP contribution in [0.1, 0.15) is 56.9 Å². The van der Waals surface area contributed by atoms with Crippen molar-refractivity contribution in [2.75, 3.05) is 13.3 Å². The van der Waals surface area contributed by atoms with Crippen LogP contribution in [-0.4, -0.2) is 40.4 Å². The summed E-state index contributed by atoms with van der Waals surface area (Å²) in [6, 6.07) is 5.99. The molecule has 8 heteroatoms. The van der Waals surface area contributed by atoms with Gasteiger partial charge in [0.05, 0.1) is 4.91 Å². The highest BCUT2D eigenvalue weighted by Gasteiger charge is 2.31. The number of thiocarbonyl (C=S) groups is 1. The Morgan fingerprint density at radius 1 is 1.20 bits per heavy atom. The third-order valence-electron chi connectivity index (χ3n) is 5.57. The number of nitrogens with one attached hydrogen (secondary N) is 1. The molecule has 2 fully saturated rings. The average molecular weight is 447 g/mol. The molecular weight excluding hydrogens is 420 g/mol. The van der Waals surface area contributed by atoms with Crippen LogP contribution in [0.3, 0.4) is 0 Å². The second-order valence-electron chi connectivity index (χ2n) is 7.81. The minimum absolute atomic E-state index is 0.0540. The number of hydrogen-bond donors (Lipinski definition) is 1. The minimum atomic E-state index is -0.0540. The summed E-state index contributed by atoms with van der Waals surface area (Å²) in [5.74, 6) is 1.51. The van der Waals surface area contributed by atoms with Gasteiger partial charge in [0.15, 0.2) is 11.5 Å². The molecule has 30 heavy (non-hydrogen) atoms. The Hall–Kier alpha value is -2.06. The van der Waals surface area contributed by atoms with Crippen LogP contribution >= 0.6 is 24.0 Å². The molecule has 2 heterocycles. The number of fused-ring (bicyclic) bond motifs is 1. The number of unbranched alkanes of at least 4 members (excludes halogenated alkanes) is 2. The Morgan fingerprint density at radius 3 is 2.83 bits per heavy atom. The van der Waals surface area contributed by atoms with Crippen LogP contribution in [0.25, 0.3) is 6.08 Å². The highest BCUT2D eigenvalue weighted by molar-refractivity contribution is 8.26. The maximum Gasteiger partial charge on any atom is 0.266 e. The minimum Gasteiger partial charge on any atom is -0.454 e. The van der Waals surface area contributed by atoms with Gasteiger partial charge in [0.2, 0.25) is 12.7 Å². The van der Waals surface area contributed by atoms with E-state index in [1.165, 1.54) is 24.6 Å². The molecule has 1 saturated heterocycles. The van der Waals surface area contributed by atoms with E-state index in [1.807, 2.05) is 24.3 Å². The summed E-state index contributed by atoms with van der Waals surface area (Å²) in [5.41, 5.74) is 0.882. The van der Waals surface area contributed by atoms with Crippen LogP contribution in [0.15, 0.2) is 23.1 Å². The monoisotopic (exact) mass is 446 g/mol. The lowest BCUT2D eigenvalue weighted by Crippen LogP contribution is -2.32. The second-order valence-corrected chi connectivity index (χ2v) is 9.48. The van der Waals surface area contributed by atoms with Gasteiger partial charge in [-0.1, -0.05) is 49.3 Å². The van der Waals surface area contributed by atoms with E-state index in [0.29, 0.717) is 34.0 Å². The summed E-state index contributed by atoms with van der Waals surface area (Å²) in [5, 5.41) is 3.12. The van der Waals surface area contributed by atoms with E-state index in [1.54, 1.807) is 4.90 Å². The topological polar surface area (TPSA) is 67.9 Å². The van der Waals surface area contributed by atoms with Gasteiger partial charge in [-0.2, -0.15) is 0 Å². The summed E-state index contributed by atoms with van der Waals surface area (Å²) in [4.78, 5) is 27.0. The van der Waals surface area contributed by atoms with Gasteiger partial charge < -0.3 is 14.8 Å². The zero-order valence-electron chi connectivity index (χ0n) is 16.9. The number of rotatable bonds is 8. The zero-order chi connectivity index (χ0) is 20.9. The largest absolute Gasteiger partial charge is 0.454 e. The highest BCUT2D eigenvalue weighted by Crippen LogP contribution is 2.36. The van der Waals surface area contributed by atoms with Crippen molar-refractivity contribution in [3.05, 3.63) is 28.7 Å². The molecule has 1 aliphatic carbocycles. The standard InChI is InChI=1S/C22H26N2O4S2/c25-20(23-16-6-3-4-7-16)8-2-1-5-11-24-21(26)19(30-22(24)29)13-15-9-10-17-18(12-15)28-14-27-17/h9-10,12-13,16H,1-8,11,14H2,(H,23,25). The number of thioether (sulfide) groups is 1. The average Bonchev–Trinajstić information content (AvgIpc) is 3.45. The normalized spacial score (nSPS) is 19.9. The third-order valence-corrected chi connectivity index (χ3v) is 6.95. The molecule has 4 rings (SSSR count). The van der Waals surface area contributed by atoms with Gasteiger partial charge >= 0.3 is 0 Å². The fraction of sp³-hybridized carbons (Fsp3) is 0.500. The first-order chi connectivity index (χ1) is 14.6. The zero-order valence-corrected chi connectivity index (χ0v) is 18.5. The van der Waals surface area contributed by atoms with E-state index in [2.05, 4.69) is 5.32 Å². The van der Waals surface area contributed by atoms with Crippen LogP contribution in [0.2, 0.25) is 0 Å². The lowest BCUT2D eigenvalue weighted by molar-refractivity contribution is -0.123. The Labute approximate surface area is 186 Å². The molecule has 2 amide bonds. The molecule has 160 valence electrons. The van der Waals surface area contributed by atoms with Crippen LogP contribution in [0, 0.1) is 0 Å². The van der Waals surface area contributed by atoms with Crippen molar-refractivity contribution < 1.29 is 19.1 Å². The van der Waals surface area contributed by atoms with Crippen LogP contribution in [0.4, 0.5) is 0 Å². The van der Waals surface area contributed by atoms with Crippen molar-refractivity contribution in [2.24, 2.45) is 0 Å². The lowest BCUT2D eigenvalue weighted by atomic mass is 10.1. The number of benzene rings is 1. The summed E-state index contributed by atoms with van der Waals surface area (Å²) in [6.45, 7) is 0.816. The first-order valence-electron chi connectivity index (χ1n) is 10.5. The summed E-state index contributed by atoms with van der Waals surface area (Å²) in [7, 11) is 0. The first kappa shape index (κ1) is 21.2. The Balaban J connectivity index is 1.22. The van der Waals surface area contributed by atoms with E-state index in [9.17, 15) is 9.59 Å². The molecule has 1 aromatic carbocycles. The van der Waals surface area contributed by atoms with Gasteiger partial charge in [0.1, 0.15) is 4.32 Å². The van der Waals surface area contributed by atoms with Gasteiger partial charge in [-0.05, 0) is 49.5 Å². The van der Waals surface area contributed by atoms with E-state index >= 15 is 0 Å². The predicted octanol–water partition coefficient (Wildman–Crippen LogP) is 4.24. The Bertz CT molecular complexity index is 865.